The standard InChI is InChI=1S/C15H21N3O/c1-16-14-8-11-18(15(14)19)13-6-4-12(5-7-13)17-9-2-3-10-17/h4-7,14,16H,2-3,8-11H2,1H3. The summed E-state index contributed by atoms with van der Waals surface area (Å²) in [4.78, 5) is 16.4. The molecular weight excluding hydrogens is 238 g/mol. The lowest BCUT2D eigenvalue weighted by molar-refractivity contribution is -0.118. The predicted octanol–water partition coefficient (Wildman–Crippen LogP) is 1.61. The quantitative estimate of drug-likeness (QED) is 0.896. The van der Waals surface area contributed by atoms with Gasteiger partial charge in [-0.25, -0.2) is 0 Å². The van der Waals surface area contributed by atoms with Crippen LogP contribution in [0.15, 0.2) is 24.3 Å². The van der Waals surface area contributed by atoms with E-state index in [0.29, 0.717) is 0 Å². The summed E-state index contributed by atoms with van der Waals surface area (Å²) in [5.74, 6) is 0.191. The number of carbonyl (C=O) groups is 1. The summed E-state index contributed by atoms with van der Waals surface area (Å²) in [6.45, 7) is 3.13. The number of rotatable bonds is 3. The molecule has 4 nitrogen and oxygen atoms in total. The summed E-state index contributed by atoms with van der Waals surface area (Å²) in [6, 6.07) is 8.41. The molecule has 0 saturated carbocycles. The van der Waals surface area contributed by atoms with E-state index >= 15 is 0 Å². The van der Waals surface area contributed by atoms with Gasteiger partial charge in [-0.05, 0) is 50.6 Å². The van der Waals surface area contributed by atoms with Crippen LogP contribution in [0.2, 0.25) is 0 Å². The molecule has 0 aliphatic carbocycles. The highest BCUT2D eigenvalue weighted by Crippen LogP contribution is 2.26. The fraction of sp³-hybridized carbons (Fsp3) is 0.533. The zero-order valence-corrected chi connectivity index (χ0v) is 11.4. The predicted molar refractivity (Wildman–Crippen MR) is 77.7 cm³/mol. The molecule has 1 N–H and O–H groups in total. The van der Waals surface area contributed by atoms with Gasteiger partial charge in [-0.15, -0.1) is 0 Å². The Bertz CT molecular complexity index is 451. The number of hydrogen-bond donors (Lipinski definition) is 1. The van der Waals surface area contributed by atoms with Gasteiger partial charge in [0.15, 0.2) is 0 Å². The molecular formula is C15H21N3O. The van der Waals surface area contributed by atoms with Crippen LogP contribution in [0.3, 0.4) is 0 Å². The Labute approximate surface area is 114 Å². The minimum absolute atomic E-state index is 0.0155. The number of nitrogens with zero attached hydrogens (tertiary/aromatic N) is 2. The van der Waals surface area contributed by atoms with E-state index in [1.807, 2.05) is 11.9 Å². The third kappa shape index (κ3) is 2.32. The van der Waals surface area contributed by atoms with Crippen molar-refractivity contribution in [2.75, 3.05) is 36.5 Å². The van der Waals surface area contributed by atoms with Crippen molar-refractivity contribution < 1.29 is 4.79 Å². The van der Waals surface area contributed by atoms with Crippen molar-refractivity contribution in [3.8, 4) is 0 Å². The lowest BCUT2D eigenvalue weighted by atomic mass is 10.2. The highest BCUT2D eigenvalue weighted by atomic mass is 16.2. The van der Waals surface area contributed by atoms with Crippen molar-refractivity contribution in [3.05, 3.63) is 24.3 Å². The summed E-state index contributed by atoms with van der Waals surface area (Å²) in [5, 5.41) is 3.07. The monoisotopic (exact) mass is 259 g/mol. The topological polar surface area (TPSA) is 35.6 Å². The molecule has 2 saturated heterocycles. The van der Waals surface area contributed by atoms with Crippen LogP contribution in [-0.2, 0) is 4.79 Å². The fourth-order valence-corrected chi connectivity index (χ4v) is 3.02. The molecule has 0 radical (unpaired) electrons. The van der Waals surface area contributed by atoms with Gasteiger partial charge < -0.3 is 15.1 Å². The maximum absolute atomic E-state index is 12.1. The average molecular weight is 259 g/mol. The first kappa shape index (κ1) is 12.5. The highest BCUT2D eigenvalue weighted by molar-refractivity contribution is 5.99. The number of likely N-dealkylation sites (N-methyl/N-ethyl adjacent to an activating group) is 1. The molecule has 4 heteroatoms. The third-order valence-electron chi connectivity index (χ3n) is 4.19. The minimum Gasteiger partial charge on any atom is -0.372 e. The van der Waals surface area contributed by atoms with Gasteiger partial charge >= 0.3 is 0 Å². The largest absolute Gasteiger partial charge is 0.372 e. The van der Waals surface area contributed by atoms with Crippen molar-refractivity contribution in [1.82, 2.24) is 5.32 Å². The second-order valence-corrected chi connectivity index (χ2v) is 5.33. The molecule has 2 fully saturated rings. The summed E-state index contributed by atoms with van der Waals surface area (Å²) < 4.78 is 0. The first-order valence-corrected chi connectivity index (χ1v) is 7.13. The van der Waals surface area contributed by atoms with Gasteiger partial charge in [-0.2, -0.15) is 0 Å². The Balaban J connectivity index is 1.74. The van der Waals surface area contributed by atoms with Crippen LogP contribution >= 0.6 is 0 Å². The van der Waals surface area contributed by atoms with Gasteiger partial charge in [0.25, 0.3) is 0 Å². The summed E-state index contributed by atoms with van der Waals surface area (Å²) in [7, 11) is 1.85. The van der Waals surface area contributed by atoms with E-state index in [2.05, 4.69) is 34.5 Å². The van der Waals surface area contributed by atoms with Gasteiger partial charge in [0.05, 0.1) is 6.04 Å². The Morgan fingerprint density at radius 2 is 1.68 bits per heavy atom. The molecule has 0 spiro atoms. The summed E-state index contributed by atoms with van der Waals surface area (Å²) >= 11 is 0. The van der Waals surface area contributed by atoms with Crippen LogP contribution in [0.1, 0.15) is 19.3 Å². The van der Waals surface area contributed by atoms with Crippen molar-refractivity contribution >= 4 is 17.3 Å². The third-order valence-corrected chi connectivity index (χ3v) is 4.19. The Kier molecular flexibility index (Phi) is 3.42. The zero-order chi connectivity index (χ0) is 13.2. The molecule has 2 heterocycles. The van der Waals surface area contributed by atoms with E-state index in [1.54, 1.807) is 0 Å². The summed E-state index contributed by atoms with van der Waals surface area (Å²) in [6.07, 6.45) is 3.47. The van der Waals surface area contributed by atoms with Crippen molar-refractivity contribution in [2.24, 2.45) is 0 Å². The lowest BCUT2D eigenvalue weighted by Gasteiger charge is -2.20. The molecule has 19 heavy (non-hydrogen) atoms. The van der Waals surface area contributed by atoms with E-state index in [9.17, 15) is 4.79 Å². The van der Waals surface area contributed by atoms with Gasteiger partial charge in [-0.3, -0.25) is 4.79 Å². The first-order chi connectivity index (χ1) is 9.29. The van der Waals surface area contributed by atoms with Crippen LogP contribution in [0.5, 0.6) is 0 Å². The number of hydrogen-bond acceptors (Lipinski definition) is 3. The van der Waals surface area contributed by atoms with Gasteiger partial charge in [-0.1, -0.05) is 0 Å². The zero-order valence-electron chi connectivity index (χ0n) is 11.4. The lowest BCUT2D eigenvalue weighted by Crippen LogP contribution is -2.36. The van der Waals surface area contributed by atoms with Crippen molar-refractivity contribution in [1.29, 1.82) is 0 Å². The molecule has 1 atom stereocenters. The molecule has 1 aromatic rings. The molecule has 2 aliphatic rings. The van der Waals surface area contributed by atoms with Crippen LogP contribution in [-0.4, -0.2) is 38.6 Å². The molecule has 1 aromatic carbocycles. The molecule has 0 aromatic heterocycles. The second-order valence-electron chi connectivity index (χ2n) is 5.33. The fourth-order valence-electron chi connectivity index (χ4n) is 3.02. The van der Waals surface area contributed by atoms with Gasteiger partial charge in [0, 0.05) is 31.0 Å². The first-order valence-electron chi connectivity index (χ1n) is 7.13. The van der Waals surface area contributed by atoms with Crippen molar-refractivity contribution in [2.45, 2.75) is 25.3 Å². The van der Waals surface area contributed by atoms with Gasteiger partial charge in [0.2, 0.25) is 5.91 Å². The van der Waals surface area contributed by atoms with E-state index in [4.69, 9.17) is 0 Å². The number of carbonyl (C=O) groups excluding carboxylic acids is 1. The maximum Gasteiger partial charge on any atom is 0.244 e. The molecule has 0 bridgehead atoms. The second kappa shape index (κ2) is 5.21. The number of amides is 1. The molecule has 102 valence electrons. The Hall–Kier alpha value is -1.55. The number of anilines is 2. The summed E-state index contributed by atoms with van der Waals surface area (Å²) in [5.41, 5.74) is 2.30. The average Bonchev–Trinajstić information content (AvgIpc) is 3.08. The van der Waals surface area contributed by atoms with Gasteiger partial charge in [0.1, 0.15) is 0 Å². The van der Waals surface area contributed by atoms with E-state index in [1.165, 1.54) is 18.5 Å². The van der Waals surface area contributed by atoms with Crippen LogP contribution in [0, 0.1) is 0 Å². The molecule has 1 unspecified atom stereocenters. The molecule has 1 amide bonds. The minimum atomic E-state index is -0.0155. The van der Waals surface area contributed by atoms with Crippen LogP contribution < -0.4 is 15.1 Å². The Morgan fingerprint density at radius 3 is 2.26 bits per heavy atom. The number of benzene rings is 1. The van der Waals surface area contributed by atoms with E-state index in [-0.39, 0.29) is 11.9 Å². The molecule has 2 aliphatic heterocycles. The van der Waals surface area contributed by atoms with Crippen molar-refractivity contribution in [3.63, 3.8) is 0 Å². The van der Waals surface area contributed by atoms with Crippen LogP contribution in [0.4, 0.5) is 11.4 Å². The normalized spacial score (nSPS) is 23.4. The SMILES string of the molecule is CNC1CCN(c2ccc(N3CCCC3)cc2)C1=O. The smallest absolute Gasteiger partial charge is 0.244 e. The molecule has 3 rings (SSSR count). The van der Waals surface area contributed by atoms with E-state index < -0.39 is 0 Å². The number of nitrogens with one attached hydrogen (secondary N) is 1. The Morgan fingerprint density at radius 1 is 1.05 bits per heavy atom. The van der Waals surface area contributed by atoms with Crippen LogP contribution in [0.25, 0.3) is 0 Å². The maximum atomic E-state index is 12.1. The van der Waals surface area contributed by atoms with E-state index in [0.717, 1.165) is 31.7 Å². The highest BCUT2D eigenvalue weighted by Gasteiger charge is 2.31.